The lowest BCUT2D eigenvalue weighted by Gasteiger charge is -2.13. The third-order valence-electron chi connectivity index (χ3n) is 3.34. The number of nitrogens with two attached hydrogens (primary N) is 1. The third-order valence-corrected chi connectivity index (χ3v) is 4.85. The van der Waals surface area contributed by atoms with E-state index in [-0.39, 0.29) is 16.5 Å². The Morgan fingerprint density at radius 3 is 2.62 bits per heavy atom. The van der Waals surface area contributed by atoms with Crippen molar-refractivity contribution in [3.05, 3.63) is 54.4 Å². The maximum absolute atomic E-state index is 12.1. The number of hydrogen-bond acceptors (Lipinski definition) is 4. The summed E-state index contributed by atoms with van der Waals surface area (Å²) in [5, 5.41) is 0. The molecule has 2 rings (SSSR count). The minimum absolute atomic E-state index is 0.0253. The number of anilines is 1. The Labute approximate surface area is 125 Å². The molecule has 0 aliphatic heterocycles. The van der Waals surface area contributed by atoms with Crippen LogP contribution in [0.2, 0.25) is 0 Å². The van der Waals surface area contributed by atoms with Crippen molar-refractivity contribution in [2.75, 3.05) is 12.3 Å². The van der Waals surface area contributed by atoms with Crippen LogP contribution in [-0.2, 0) is 10.0 Å². The zero-order chi connectivity index (χ0) is 15.3. The van der Waals surface area contributed by atoms with Gasteiger partial charge in [-0.2, -0.15) is 0 Å². The van der Waals surface area contributed by atoms with Crippen LogP contribution in [0.15, 0.2) is 53.7 Å². The Morgan fingerprint density at radius 1 is 1.24 bits per heavy atom. The number of aromatic nitrogens is 1. The van der Waals surface area contributed by atoms with Crippen LogP contribution in [0.5, 0.6) is 0 Å². The lowest BCUT2D eigenvalue weighted by molar-refractivity contribution is 0.572. The van der Waals surface area contributed by atoms with Gasteiger partial charge >= 0.3 is 0 Å². The van der Waals surface area contributed by atoms with Crippen molar-refractivity contribution in [3.63, 3.8) is 0 Å². The lowest BCUT2D eigenvalue weighted by atomic mass is 9.98. The van der Waals surface area contributed by atoms with Gasteiger partial charge in [-0.1, -0.05) is 37.3 Å². The molecule has 21 heavy (non-hydrogen) atoms. The van der Waals surface area contributed by atoms with Crippen molar-refractivity contribution in [1.29, 1.82) is 0 Å². The van der Waals surface area contributed by atoms with Crippen LogP contribution < -0.4 is 10.5 Å². The van der Waals surface area contributed by atoms with E-state index in [1.165, 1.54) is 24.0 Å². The highest BCUT2D eigenvalue weighted by molar-refractivity contribution is 7.89. The van der Waals surface area contributed by atoms with Gasteiger partial charge in [0.25, 0.3) is 0 Å². The summed E-state index contributed by atoms with van der Waals surface area (Å²) in [6.45, 7) is 2.43. The minimum atomic E-state index is -3.61. The maximum atomic E-state index is 12.1. The monoisotopic (exact) mass is 305 g/mol. The summed E-state index contributed by atoms with van der Waals surface area (Å²) in [5.41, 5.74) is 7.06. The van der Waals surface area contributed by atoms with Gasteiger partial charge in [-0.25, -0.2) is 13.1 Å². The highest BCUT2D eigenvalue weighted by atomic mass is 32.2. The largest absolute Gasteiger partial charge is 0.398 e. The predicted octanol–water partition coefficient (Wildman–Crippen LogP) is 2.14. The van der Waals surface area contributed by atoms with Crippen LogP contribution in [-0.4, -0.2) is 19.9 Å². The third kappa shape index (κ3) is 4.03. The fourth-order valence-corrected chi connectivity index (χ4v) is 3.17. The molecular formula is C15H19N3O2S. The molecule has 0 aliphatic carbocycles. The average Bonchev–Trinajstić information content (AvgIpc) is 2.48. The van der Waals surface area contributed by atoms with Crippen molar-refractivity contribution in [2.45, 2.75) is 24.2 Å². The number of benzene rings is 1. The molecule has 0 saturated heterocycles. The van der Waals surface area contributed by atoms with E-state index in [4.69, 9.17) is 5.73 Å². The Morgan fingerprint density at radius 2 is 1.95 bits per heavy atom. The highest BCUT2D eigenvalue weighted by Gasteiger charge is 2.17. The molecule has 3 N–H and O–H groups in total. The fraction of sp³-hybridized carbons (Fsp3) is 0.267. The van der Waals surface area contributed by atoms with Gasteiger partial charge in [0.05, 0.1) is 5.69 Å². The SMILES string of the molecule is CC(CCNS(=O)(=O)c1cnccc1N)c1ccccc1. The van der Waals surface area contributed by atoms with Crippen LogP contribution in [0.1, 0.15) is 24.8 Å². The molecule has 1 atom stereocenters. The first-order valence-electron chi connectivity index (χ1n) is 6.75. The molecule has 6 heteroatoms. The lowest BCUT2D eigenvalue weighted by Crippen LogP contribution is -2.26. The molecule has 0 bridgehead atoms. The molecule has 1 unspecified atom stereocenters. The minimum Gasteiger partial charge on any atom is -0.398 e. The molecule has 0 saturated carbocycles. The summed E-state index contributed by atoms with van der Waals surface area (Å²) in [6, 6.07) is 11.5. The van der Waals surface area contributed by atoms with Gasteiger partial charge in [-0.15, -0.1) is 0 Å². The first-order chi connectivity index (χ1) is 10.0. The molecule has 0 fully saturated rings. The van der Waals surface area contributed by atoms with Crippen LogP contribution in [0.3, 0.4) is 0 Å². The predicted molar refractivity (Wildman–Crippen MR) is 83.3 cm³/mol. The number of nitrogens with one attached hydrogen (secondary N) is 1. The van der Waals surface area contributed by atoms with Gasteiger partial charge in [0.15, 0.2) is 0 Å². The van der Waals surface area contributed by atoms with E-state index < -0.39 is 10.0 Å². The molecular weight excluding hydrogens is 286 g/mol. The molecule has 1 aromatic heterocycles. The second-order valence-electron chi connectivity index (χ2n) is 4.91. The fourth-order valence-electron chi connectivity index (χ4n) is 2.05. The van der Waals surface area contributed by atoms with Gasteiger partial charge < -0.3 is 5.73 Å². The van der Waals surface area contributed by atoms with Crippen molar-refractivity contribution in [1.82, 2.24) is 9.71 Å². The number of nitrogens with zero attached hydrogens (tertiary/aromatic N) is 1. The van der Waals surface area contributed by atoms with Crippen molar-refractivity contribution < 1.29 is 8.42 Å². The van der Waals surface area contributed by atoms with Gasteiger partial charge in [-0.05, 0) is 24.0 Å². The first kappa shape index (κ1) is 15.5. The molecule has 0 spiro atoms. The summed E-state index contributed by atoms with van der Waals surface area (Å²) in [5.74, 6) is 0.278. The molecule has 1 aromatic carbocycles. The summed E-state index contributed by atoms with van der Waals surface area (Å²) in [4.78, 5) is 3.83. The Bertz CT molecular complexity index is 687. The quantitative estimate of drug-likeness (QED) is 0.856. The number of hydrogen-bond donors (Lipinski definition) is 2. The van der Waals surface area contributed by atoms with E-state index >= 15 is 0 Å². The van der Waals surface area contributed by atoms with Gasteiger partial charge in [-0.3, -0.25) is 4.98 Å². The van der Waals surface area contributed by atoms with E-state index in [1.807, 2.05) is 30.3 Å². The molecule has 1 heterocycles. The summed E-state index contributed by atoms with van der Waals surface area (Å²) in [7, 11) is -3.61. The molecule has 5 nitrogen and oxygen atoms in total. The van der Waals surface area contributed by atoms with Crippen molar-refractivity contribution >= 4 is 15.7 Å². The Kier molecular flexibility index (Phi) is 4.93. The number of pyridine rings is 1. The summed E-state index contributed by atoms with van der Waals surface area (Å²) < 4.78 is 26.8. The molecule has 112 valence electrons. The van der Waals surface area contributed by atoms with Crippen LogP contribution in [0.4, 0.5) is 5.69 Å². The number of rotatable bonds is 6. The van der Waals surface area contributed by atoms with E-state index in [1.54, 1.807) is 0 Å². The highest BCUT2D eigenvalue weighted by Crippen LogP contribution is 2.19. The zero-order valence-corrected chi connectivity index (χ0v) is 12.7. The molecule has 0 aliphatic rings. The normalized spacial score (nSPS) is 13.0. The maximum Gasteiger partial charge on any atom is 0.244 e. The zero-order valence-electron chi connectivity index (χ0n) is 11.9. The standard InChI is InChI=1S/C15H19N3O2S/c1-12(13-5-3-2-4-6-13)7-10-18-21(19,20)15-11-17-9-8-14(15)16/h2-6,8-9,11-12,18H,7,10H2,1H3,(H2,16,17). The van der Waals surface area contributed by atoms with Crippen LogP contribution >= 0.6 is 0 Å². The second kappa shape index (κ2) is 6.69. The van der Waals surface area contributed by atoms with E-state index in [9.17, 15) is 8.42 Å². The van der Waals surface area contributed by atoms with Crippen LogP contribution in [0.25, 0.3) is 0 Å². The number of sulfonamides is 1. The van der Waals surface area contributed by atoms with Gasteiger partial charge in [0.2, 0.25) is 10.0 Å². The Balaban J connectivity index is 1.96. The second-order valence-corrected chi connectivity index (χ2v) is 6.65. The van der Waals surface area contributed by atoms with E-state index in [2.05, 4.69) is 16.6 Å². The van der Waals surface area contributed by atoms with Crippen molar-refractivity contribution in [2.24, 2.45) is 0 Å². The smallest absolute Gasteiger partial charge is 0.244 e. The first-order valence-corrected chi connectivity index (χ1v) is 8.23. The number of nitrogen functional groups attached to an aromatic ring is 1. The molecule has 2 aromatic rings. The topological polar surface area (TPSA) is 85.1 Å². The van der Waals surface area contributed by atoms with Gasteiger partial charge in [0.1, 0.15) is 4.90 Å². The van der Waals surface area contributed by atoms with Crippen LogP contribution in [0, 0.1) is 0 Å². The summed E-state index contributed by atoms with van der Waals surface area (Å²) in [6.07, 6.45) is 3.44. The average molecular weight is 305 g/mol. The summed E-state index contributed by atoms with van der Waals surface area (Å²) >= 11 is 0. The van der Waals surface area contributed by atoms with Gasteiger partial charge in [0, 0.05) is 18.9 Å². The Hall–Kier alpha value is -1.92. The molecule has 0 radical (unpaired) electrons. The van der Waals surface area contributed by atoms with Crippen molar-refractivity contribution in [3.8, 4) is 0 Å². The molecule has 0 amide bonds. The van der Waals surface area contributed by atoms with E-state index in [0.29, 0.717) is 13.0 Å². The van der Waals surface area contributed by atoms with E-state index in [0.717, 1.165) is 0 Å².